The third-order valence-corrected chi connectivity index (χ3v) is 2.61. The molecule has 0 aliphatic heterocycles. The highest BCUT2D eigenvalue weighted by molar-refractivity contribution is 6.01. The van der Waals surface area contributed by atoms with Gasteiger partial charge in [-0.1, -0.05) is 18.2 Å². The van der Waals surface area contributed by atoms with Gasteiger partial charge in [0.15, 0.2) is 0 Å². The van der Waals surface area contributed by atoms with E-state index in [1.165, 1.54) is 24.3 Å². The smallest absolute Gasteiger partial charge is 0.248 e. The number of halogens is 1. The molecule has 0 heterocycles. The van der Waals surface area contributed by atoms with Crippen molar-refractivity contribution in [1.82, 2.24) is 0 Å². The molecule has 0 spiro atoms. The van der Waals surface area contributed by atoms with Gasteiger partial charge in [0.1, 0.15) is 11.6 Å². The molecular weight excluding hydrogens is 257 g/mol. The van der Waals surface area contributed by atoms with Crippen LogP contribution in [-0.2, 0) is 4.79 Å². The molecule has 0 aliphatic carbocycles. The average Bonchev–Trinajstić information content (AvgIpc) is 2.45. The molecule has 2 rings (SSSR count). The zero-order valence-corrected chi connectivity index (χ0v) is 11.0. The maximum atomic E-state index is 13.0. The summed E-state index contributed by atoms with van der Waals surface area (Å²) in [6.45, 7) is 0. The molecule has 0 unspecified atom stereocenters. The summed E-state index contributed by atoms with van der Waals surface area (Å²) in [5, 5.41) is 2.58. The molecule has 4 heteroatoms. The van der Waals surface area contributed by atoms with E-state index in [1.54, 1.807) is 19.3 Å². The van der Waals surface area contributed by atoms with Gasteiger partial charge in [0, 0.05) is 11.8 Å². The fourth-order valence-corrected chi connectivity index (χ4v) is 1.67. The van der Waals surface area contributed by atoms with Crippen LogP contribution in [0.25, 0.3) is 6.08 Å². The van der Waals surface area contributed by atoms with Crippen molar-refractivity contribution in [2.75, 3.05) is 12.4 Å². The fourth-order valence-electron chi connectivity index (χ4n) is 1.67. The monoisotopic (exact) mass is 271 g/mol. The maximum Gasteiger partial charge on any atom is 0.248 e. The third kappa shape index (κ3) is 3.95. The number of nitrogens with one attached hydrogen (secondary N) is 1. The summed E-state index contributed by atoms with van der Waals surface area (Å²) in [4.78, 5) is 11.7. The number of methoxy groups -OCH3 is 1. The van der Waals surface area contributed by atoms with Crippen LogP contribution in [0.15, 0.2) is 54.6 Å². The minimum absolute atomic E-state index is 0.321. The lowest BCUT2D eigenvalue weighted by atomic mass is 10.2. The van der Waals surface area contributed by atoms with Gasteiger partial charge in [0.2, 0.25) is 5.91 Å². The van der Waals surface area contributed by atoms with Crippen LogP contribution in [0.5, 0.6) is 5.75 Å². The second kappa shape index (κ2) is 6.52. The van der Waals surface area contributed by atoms with Gasteiger partial charge in [0.25, 0.3) is 0 Å². The van der Waals surface area contributed by atoms with E-state index in [9.17, 15) is 9.18 Å². The quantitative estimate of drug-likeness (QED) is 0.864. The Balaban J connectivity index is 2.02. The zero-order chi connectivity index (χ0) is 14.4. The second-order valence-corrected chi connectivity index (χ2v) is 4.11. The summed E-state index contributed by atoms with van der Waals surface area (Å²) in [5.41, 5.74) is 1.27. The Kier molecular flexibility index (Phi) is 4.50. The first kappa shape index (κ1) is 13.8. The number of carbonyl (C=O) groups is 1. The Morgan fingerprint density at radius 1 is 1.20 bits per heavy atom. The van der Waals surface area contributed by atoms with Crippen LogP contribution >= 0.6 is 0 Å². The Labute approximate surface area is 116 Å². The first-order valence-electron chi connectivity index (χ1n) is 6.06. The van der Waals surface area contributed by atoms with Gasteiger partial charge in [-0.3, -0.25) is 4.79 Å². The van der Waals surface area contributed by atoms with Crippen LogP contribution in [0.2, 0.25) is 0 Å². The molecule has 0 saturated heterocycles. The van der Waals surface area contributed by atoms with Crippen molar-refractivity contribution in [2.24, 2.45) is 0 Å². The van der Waals surface area contributed by atoms with E-state index in [0.29, 0.717) is 5.69 Å². The lowest BCUT2D eigenvalue weighted by Crippen LogP contribution is -2.07. The molecule has 0 atom stereocenters. The number of hydrogen-bond acceptors (Lipinski definition) is 2. The molecular formula is C16H14FNO2. The van der Waals surface area contributed by atoms with Crippen molar-refractivity contribution >= 4 is 17.7 Å². The molecule has 20 heavy (non-hydrogen) atoms. The van der Waals surface area contributed by atoms with E-state index in [4.69, 9.17) is 4.74 Å². The number of benzene rings is 2. The molecule has 0 aromatic heterocycles. The van der Waals surface area contributed by atoms with Crippen LogP contribution in [0.3, 0.4) is 0 Å². The standard InChI is InChI=1S/C16H14FNO2/c1-20-15-7-2-4-12(10-15)8-9-16(19)18-14-6-3-5-13(17)11-14/h2-11H,1H3,(H,18,19)/b9-8+. The van der Waals surface area contributed by atoms with Gasteiger partial charge in [-0.15, -0.1) is 0 Å². The van der Waals surface area contributed by atoms with Crippen LogP contribution in [-0.4, -0.2) is 13.0 Å². The summed E-state index contributed by atoms with van der Waals surface area (Å²) in [6.07, 6.45) is 3.05. The summed E-state index contributed by atoms with van der Waals surface area (Å²) in [5.74, 6) is 0.00989. The Bertz CT molecular complexity index is 638. The Morgan fingerprint density at radius 3 is 2.75 bits per heavy atom. The predicted octanol–water partition coefficient (Wildman–Crippen LogP) is 3.49. The first-order chi connectivity index (χ1) is 9.67. The lowest BCUT2D eigenvalue weighted by Gasteiger charge is -2.02. The van der Waals surface area contributed by atoms with E-state index < -0.39 is 0 Å². The van der Waals surface area contributed by atoms with Gasteiger partial charge in [-0.2, -0.15) is 0 Å². The van der Waals surface area contributed by atoms with E-state index in [2.05, 4.69) is 5.32 Å². The van der Waals surface area contributed by atoms with Crippen molar-refractivity contribution in [3.8, 4) is 5.75 Å². The predicted molar refractivity (Wildman–Crippen MR) is 77.1 cm³/mol. The molecule has 0 fully saturated rings. The van der Waals surface area contributed by atoms with E-state index in [1.807, 2.05) is 24.3 Å². The number of carbonyl (C=O) groups excluding carboxylic acids is 1. The van der Waals surface area contributed by atoms with E-state index in [0.717, 1.165) is 11.3 Å². The maximum absolute atomic E-state index is 13.0. The highest BCUT2D eigenvalue weighted by Crippen LogP contribution is 2.14. The molecule has 0 radical (unpaired) electrons. The summed E-state index contributed by atoms with van der Waals surface area (Å²) >= 11 is 0. The number of hydrogen-bond donors (Lipinski definition) is 1. The Morgan fingerprint density at radius 2 is 2.00 bits per heavy atom. The number of rotatable bonds is 4. The van der Waals surface area contributed by atoms with Gasteiger partial charge in [-0.25, -0.2) is 4.39 Å². The summed E-state index contributed by atoms with van der Waals surface area (Å²) in [7, 11) is 1.58. The lowest BCUT2D eigenvalue weighted by molar-refractivity contribution is -0.111. The van der Waals surface area contributed by atoms with Crippen LogP contribution in [0, 0.1) is 5.82 Å². The zero-order valence-electron chi connectivity index (χ0n) is 11.0. The summed E-state index contributed by atoms with van der Waals surface area (Å²) in [6, 6.07) is 13.1. The topological polar surface area (TPSA) is 38.3 Å². The highest BCUT2D eigenvalue weighted by Gasteiger charge is 1.99. The minimum atomic E-state index is -0.389. The van der Waals surface area contributed by atoms with Crippen molar-refractivity contribution in [3.63, 3.8) is 0 Å². The molecule has 1 amide bonds. The third-order valence-electron chi connectivity index (χ3n) is 2.61. The normalized spacial score (nSPS) is 10.5. The molecule has 0 saturated carbocycles. The molecule has 2 aromatic rings. The van der Waals surface area contributed by atoms with Crippen LogP contribution in [0.1, 0.15) is 5.56 Å². The number of anilines is 1. The number of ether oxygens (including phenoxy) is 1. The van der Waals surface area contributed by atoms with Gasteiger partial charge in [0.05, 0.1) is 7.11 Å². The molecule has 2 aromatic carbocycles. The van der Waals surface area contributed by atoms with Crippen molar-refractivity contribution in [2.45, 2.75) is 0 Å². The molecule has 3 nitrogen and oxygen atoms in total. The minimum Gasteiger partial charge on any atom is -0.497 e. The fraction of sp³-hybridized carbons (Fsp3) is 0.0625. The summed E-state index contributed by atoms with van der Waals surface area (Å²) < 4.78 is 18.1. The van der Waals surface area contributed by atoms with Gasteiger partial charge >= 0.3 is 0 Å². The van der Waals surface area contributed by atoms with Crippen LogP contribution < -0.4 is 10.1 Å². The van der Waals surface area contributed by atoms with Crippen molar-refractivity contribution in [3.05, 3.63) is 66.0 Å². The SMILES string of the molecule is COc1cccc(/C=C/C(=O)Nc2cccc(F)c2)c1. The average molecular weight is 271 g/mol. The first-order valence-corrected chi connectivity index (χ1v) is 6.06. The second-order valence-electron chi connectivity index (χ2n) is 4.11. The largest absolute Gasteiger partial charge is 0.497 e. The molecule has 1 N–H and O–H groups in total. The molecule has 0 bridgehead atoms. The molecule has 0 aliphatic rings. The van der Waals surface area contributed by atoms with E-state index >= 15 is 0 Å². The van der Waals surface area contributed by atoms with Gasteiger partial charge < -0.3 is 10.1 Å². The van der Waals surface area contributed by atoms with Gasteiger partial charge in [-0.05, 0) is 42.0 Å². The van der Waals surface area contributed by atoms with E-state index in [-0.39, 0.29) is 11.7 Å². The van der Waals surface area contributed by atoms with Crippen LogP contribution in [0.4, 0.5) is 10.1 Å². The van der Waals surface area contributed by atoms with Crippen molar-refractivity contribution in [1.29, 1.82) is 0 Å². The van der Waals surface area contributed by atoms with Crippen molar-refractivity contribution < 1.29 is 13.9 Å². The highest BCUT2D eigenvalue weighted by atomic mass is 19.1. The Hall–Kier alpha value is -2.62. The number of amides is 1. The molecule has 102 valence electrons.